The van der Waals surface area contributed by atoms with Crippen molar-refractivity contribution in [1.82, 2.24) is 10.6 Å². The predicted octanol–water partition coefficient (Wildman–Crippen LogP) is 2.01. The zero-order chi connectivity index (χ0) is 13.8. The standard InChI is InChI=1S/C15H21FN2O/c1-10(9-12-5-3-4-6-14(12)16)17-11(2)15(19)18-13-7-8-13/h3-6,10-11,13,17H,7-9H2,1-2H3,(H,18,19). The topological polar surface area (TPSA) is 41.1 Å². The first-order valence-corrected chi connectivity index (χ1v) is 6.86. The number of nitrogens with one attached hydrogen (secondary N) is 2. The van der Waals surface area contributed by atoms with Crippen LogP contribution in [0.15, 0.2) is 24.3 Å². The van der Waals surface area contributed by atoms with E-state index >= 15 is 0 Å². The van der Waals surface area contributed by atoms with Crippen LogP contribution >= 0.6 is 0 Å². The molecule has 1 aliphatic rings. The van der Waals surface area contributed by atoms with Crippen molar-refractivity contribution < 1.29 is 9.18 Å². The summed E-state index contributed by atoms with van der Waals surface area (Å²) >= 11 is 0. The SMILES string of the molecule is CC(Cc1ccccc1F)NC(C)C(=O)NC1CC1. The monoisotopic (exact) mass is 264 g/mol. The molecule has 2 unspecified atom stereocenters. The minimum atomic E-state index is -0.248. The second kappa shape index (κ2) is 6.15. The molecule has 0 radical (unpaired) electrons. The van der Waals surface area contributed by atoms with Gasteiger partial charge in [-0.3, -0.25) is 4.79 Å². The van der Waals surface area contributed by atoms with E-state index in [2.05, 4.69) is 10.6 Å². The molecule has 1 fully saturated rings. The lowest BCUT2D eigenvalue weighted by atomic mass is 10.1. The zero-order valence-corrected chi connectivity index (χ0v) is 11.4. The van der Waals surface area contributed by atoms with Crippen LogP contribution in [0.5, 0.6) is 0 Å². The lowest BCUT2D eigenvalue weighted by Crippen LogP contribution is -2.47. The molecule has 1 amide bonds. The number of benzene rings is 1. The summed E-state index contributed by atoms with van der Waals surface area (Å²) in [5.74, 6) is -0.158. The molecule has 4 heteroatoms. The molecule has 0 aromatic heterocycles. The smallest absolute Gasteiger partial charge is 0.237 e. The van der Waals surface area contributed by atoms with Gasteiger partial charge in [0.1, 0.15) is 5.82 Å². The summed E-state index contributed by atoms with van der Waals surface area (Å²) in [5.41, 5.74) is 0.678. The maximum Gasteiger partial charge on any atom is 0.237 e. The van der Waals surface area contributed by atoms with E-state index in [1.807, 2.05) is 19.9 Å². The van der Waals surface area contributed by atoms with E-state index in [-0.39, 0.29) is 23.8 Å². The third-order valence-electron chi connectivity index (χ3n) is 3.34. The highest BCUT2D eigenvalue weighted by Gasteiger charge is 2.26. The molecular formula is C15H21FN2O. The Kier molecular flexibility index (Phi) is 4.53. The molecule has 0 heterocycles. The summed E-state index contributed by atoms with van der Waals surface area (Å²) < 4.78 is 13.5. The van der Waals surface area contributed by atoms with Crippen LogP contribution in [-0.4, -0.2) is 24.0 Å². The molecule has 0 spiro atoms. The molecule has 2 atom stereocenters. The molecule has 0 aliphatic heterocycles. The average Bonchev–Trinajstić information content (AvgIpc) is 3.16. The van der Waals surface area contributed by atoms with Gasteiger partial charge in [0.05, 0.1) is 6.04 Å². The third kappa shape index (κ3) is 4.31. The summed E-state index contributed by atoms with van der Waals surface area (Å²) in [6.45, 7) is 3.81. The number of carbonyl (C=O) groups excluding carboxylic acids is 1. The second-order valence-corrected chi connectivity index (χ2v) is 5.37. The van der Waals surface area contributed by atoms with E-state index in [1.165, 1.54) is 6.07 Å². The van der Waals surface area contributed by atoms with Crippen LogP contribution < -0.4 is 10.6 Å². The summed E-state index contributed by atoms with van der Waals surface area (Å²) in [7, 11) is 0. The van der Waals surface area contributed by atoms with E-state index in [4.69, 9.17) is 0 Å². The highest BCUT2D eigenvalue weighted by atomic mass is 19.1. The van der Waals surface area contributed by atoms with Gasteiger partial charge in [-0.2, -0.15) is 0 Å². The number of carbonyl (C=O) groups is 1. The molecule has 3 nitrogen and oxygen atoms in total. The fourth-order valence-corrected chi connectivity index (χ4v) is 2.11. The molecule has 1 aromatic carbocycles. The van der Waals surface area contributed by atoms with Crippen molar-refractivity contribution >= 4 is 5.91 Å². The molecule has 0 saturated heterocycles. The van der Waals surface area contributed by atoms with Gasteiger partial charge in [0.15, 0.2) is 0 Å². The Balaban J connectivity index is 1.81. The average molecular weight is 264 g/mol. The summed E-state index contributed by atoms with van der Waals surface area (Å²) in [6.07, 6.45) is 2.75. The van der Waals surface area contributed by atoms with Crippen LogP contribution in [0.4, 0.5) is 4.39 Å². The maximum atomic E-state index is 13.5. The van der Waals surface area contributed by atoms with Crippen molar-refractivity contribution in [3.05, 3.63) is 35.6 Å². The van der Waals surface area contributed by atoms with Crippen molar-refractivity contribution in [2.24, 2.45) is 0 Å². The number of halogens is 1. The van der Waals surface area contributed by atoms with Crippen molar-refractivity contribution in [3.63, 3.8) is 0 Å². The van der Waals surface area contributed by atoms with Crippen molar-refractivity contribution in [2.45, 2.75) is 51.2 Å². The minimum absolute atomic E-state index is 0.0304. The Labute approximate surface area is 113 Å². The summed E-state index contributed by atoms with van der Waals surface area (Å²) in [6, 6.07) is 6.93. The van der Waals surface area contributed by atoms with Gasteiger partial charge in [0.2, 0.25) is 5.91 Å². The molecule has 2 N–H and O–H groups in total. The highest BCUT2D eigenvalue weighted by Crippen LogP contribution is 2.18. The van der Waals surface area contributed by atoms with Crippen LogP contribution in [0.2, 0.25) is 0 Å². The quantitative estimate of drug-likeness (QED) is 0.825. The van der Waals surface area contributed by atoms with Crippen LogP contribution in [0.1, 0.15) is 32.3 Å². The minimum Gasteiger partial charge on any atom is -0.352 e. The lowest BCUT2D eigenvalue weighted by Gasteiger charge is -2.20. The van der Waals surface area contributed by atoms with Crippen LogP contribution in [0, 0.1) is 5.82 Å². The number of hydrogen-bond donors (Lipinski definition) is 2. The normalized spacial score (nSPS) is 17.8. The van der Waals surface area contributed by atoms with Gasteiger partial charge in [0.25, 0.3) is 0 Å². The fraction of sp³-hybridized carbons (Fsp3) is 0.533. The van der Waals surface area contributed by atoms with E-state index in [0.717, 1.165) is 12.8 Å². The van der Waals surface area contributed by atoms with Crippen LogP contribution in [-0.2, 0) is 11.2 Å². The van der Waals surface area contributed by atoms with Gasteiger partial charge < -0.3 is 10.6 Å². The zero-order valence-electron chi connectivity index (χ0n) is 11.4. The van der Waals surface area contributed by atoms with Crippen molar-refractivity contribution in [3.8, 4) is 0 Å². The Hall–Kier alpha value is -1.42. The van der Waals surface area contributed by atoms with Crippen molar-refractivity contribution in [2.75, 3.05) is 0 Å². The summed E-state index contributed by atoms with van der Waals surface area (Å²) in [4.78, 5) is 11.8. The predicted molar refractivity (Wildman–Crippen MR) is 73.3 cm³/mol. The number of hydrogen-bond acceptors (Lipinski definition) is 2. The molecule has 1 saturated carbocycles. The number of rotatable bonds is 6. The molecule has 0 bridgehead atoms. The Morgan fingerprint density at radius 2 is 2.05 bits per heavy atom. The van der Waals surface area contributed by atoms with E-state index in [1.54, 1.807) is 12.1 Å². The molecule has 19 heavy (non-hydrogen) atoms. The van der Waals surface area contributed by atoms with E-state index in [0.29, 0.717) is 18.0 Å². The Morgan fingerprint density at radius 1 is 1.37 bits per heavy atom. The first kappa shape index (κ1) is 14.0. The first-order valence-electron chi connectivity index (χ1n) is 6.86. The Morgan fingerprint density at radius 3 is 2.68 bits per heavy atom. The molecule has 1 aromatic rings. The molecular weight excluding hydrogens is 243 g/mol. The van der Waals surface area contributed by atoms with Gasteiger partial charge in [0, 0.05) is 12.1 Å². The highest BCUT2D eigenvalue weighted by molar-refractivity contribution is 5.81. The van der Waals surface area contributed by atoms with Crippen LogP contribution in [0.3, 0.4) is 0 Å². The Bertz CT molecular complexity index is 446. The van der Waals surface area contributed by atoms with Gasteiger partial charge in [-0.15, -0.1) is 0 Å². The van der Waals surface area contributed by atoms with Crippen molar-refractivity contribution in [1.29, 1.82) is 0 Å². The fourth-order valence-electron chi connectivity index (χ4n) is 2.11. The van der Waals surface area contributed by atoms with Gasteiger partial charge in [-0.05, 0) is 44.7 Å². The lowest BCUT2D eigenvalue weighted by molar-refractivity contribution is -0.123. The second-order valence-electron chi connectivity index (χ2n) is 5.37. The number of amides is 1. The first-order chi connectivity index (χ1) is 9.06. The van der Waals surface area contributed by atoms with Gasteiger partial charge in [-0.1, -0.05) is 18.2 Å². The van der Waals surface area contributed by atoms with Gasteiger partial charge in [-0.25, -0.2) is 4.39 Å². The molecule has 1 aliphatic carbocycles. The molecule has 104 valence electrons. The maximum absolute atomic E-state index is 13.5. The van der Waals surface area contributed by atoms with E-state index < -0.39 is 0 Å². The largest absolute Gasteiger partial charge is 0.352 e. The molecule has 2 rings (SSSR count). The van der Waals surface area contributed by atoms with Crippen LogP contribution in [0.25, 0.3) is 0 Å². The summed E-state index contributed by atoms with van der Waals surface area (Å²) in [5, 5.41) is 6.17. The van der Waals surface area contributed by atoms with E-state index in [9.17, 15) is 9.18 Å². The van der Waals surface area contributed by atoms with Gasteiger partial charge >= 0.3 is 0 Å². The third-order valence-corrected chi connectivity index (χ3v) is 3.34.